The molecule has 2 aromatic rings. The van der Waals surface area contributed by atoms with Crippen molar-refractivity contribution in [3.05, 3.63) is 71.3 Å². The summed E-state index contributed by atoms with van der Waals surface area (Å²) in [6.07, 6.45) is 1.23. The number of nitrogens with one attached hydrogen (secondary N) is 1. The minimum atomic E-state index is -0.377. The topological polar surface area (TPSA) is 75.4 Å². The Bertz CT molecular complexity index is 643. The van der Waals surface area contributed by atoms with Crippen molar-refractivity contribution in [3.63, 3.8) is 0 Å². The Kier molecular flexibility index (Phi) is 6.97. The number of carbonyl (C=O) groups excluding carboxylic acids is 1. The Balaban J connectivity index is 1.75. The zero-order chi connectivity index (χ0) is 17.4. The van der Waals surface area contributed by atoms with E-state index >= 15 is 0 Å². The third kappa shape index (κ3) is 5.80. The zero-order valence-corrected chi connectivity index (χ0v) is 14.1. The van der Waals surface area contributed by atoms with Crippen LogP contribution in [0.25, 0.3) is 0 Å². The summed E-state index contributed by atoms with van der Waals surface area (Å²) in [5.41, 5.74) is 8.59. The second-order valence-electron chi connectivity index (χ2n) is 6.18. The summed E-state index contributed by atoms with van der Waals surface area (Å²) in [5.74, 6) is -0.613. The van der Waals surface area contributed by atoms with Gasteiger partial charge in [0.25, 0.3) is 0 Å². The van der Waals surface area contributed by atoms with Gasteiger partial charge in [-0.2, -0.15) is 0 Å². The lowest BCUT2D eigenvalue weighted by Crippen LogP contribution is -2.27. The minimum absolute atomic E-state index is 0.290. The lowest BCUT2D eigenvalue weighted by molar-refractivity contribution is -0.119. The normalized spacial score (nSPS) is 13.4. The van der Waals surface area contributed by atoms with Gasteiger partial charge in [-0.15, -0.1) is 0 Å². The lowest BCUT2D eigenvalue weighted by atomic mass is 9.98. The molecule has 0 saturated heterocycles. The maximum atomic E-state index is 11.3. The summed E-state index contributed by atoms with van der Waals surface area (Å²) in [6, 6.07) is 18.0. The molecule has 24 heavy (non-hydrogen) atoms. The second-order valence-corrected chi connectivity index (χ2v) is 6.18. The van der Waals surface area contributed by atoms with Crippen molar-refractivity contribution in [1.82, 2.24) is 5.32 Å². The average Bonchev–Trinajstić information content (AvgIpc) is 2.60. The molecule has 2 rings (SSSR count). The molecule has 1 unspecified atom stereocenters. The molecule has 0 saturated carbocycles. The number of hydrogen-bond acceptors (Lipinski definition) is 3. The van der Waals surface area contributed by atoms with Gasteiger partial charge in [-0.25, -0.2) is 0 Å². The first-order valence-corrected chi connectivity index (χ1v) is 8.37. The molecule has 0 spiro atoms. The van der Waals surface area contributed by atoms with Gasteiger partial charge in [0.15, 0.2) is 0 Å². The average molecular weight is 326 g/mol. The summed E-state index contributed by atoms with van der Waals surface area (Å²) in [7, 11) is 0. The Morgan fingerprint density at radius 2 is 1.83 bits per heavy atom. The van der Waals surface area contributed by atoms with E-state index in [2.05, 4.69) is 17.4 Å². The molecule has 0 fully saturated rings. The maximum Gasteiger partial charge on any atom is 0.224 e. The van der Waals surface area contributed by atoms with Crippen LogP contribution in [0.5, 0.6) is 0 Å². The summed E-state index contributed by atoms with van der Waals surface area (Å²) in [6.45, 7) is 3.01. The molecule has 128 valence electrons. The van der Waals surface area contributed by atoms with Crippen molar-refractivity contribution in [3.8, 4) is 0 Å². The smallest absolute Gasteiger partial charge is 0.224 e. The standard InChI is InChI=1S/C20H26N2O2/c1-15(20(21)24)18-9-5-8-17(12-18)13-22-14-19(23)11-10-16-6-3-2-4-7-16/h2-9,12,15,19,22-23H,10-11,13-14H2,1H3,(H2,21,24)/t15?,19-/m1/s1. The number of carbonyl (C=O) groups is 1. The van der Waals surface area contributed by atoms with Crippen molar-refractivity contribution >= 4 is 5.91 Å². The number of hydrogen-bond donors (Lipinski definition) is 3. The Hall–Kier alpha value is -2.17. The monoisotopic (exact) mass is 326 g/mol. The van der Waals surface area contributed by atoms with Crippen LogP contribution in [-0.4, -0.2) is 23.7 Å². The van der Waals surface area contributed by atoms with Gasteiger partial charge in [-0.1, -0.05) is 54.6 Å². The van der Waals surface area contributed by atoms with Crippen LogP contribution in [0.2, 0.25) is 0 Å². The molecule has 0 aliphatic heterocycles. The van der Waals surface area contributed by atoms with E-state index in [4.69, 9.17) is 5.73 Å². The van der Waals surface area contributed by atoms with Crippen molar-refractivity contribution in [2.75, 3.05) is 6.54 Å². The van der Waals surface area contributed by atoms with E-state index in [1.807, 2.05) is 49.4 Å². The van der Waals surface area contributed by atoms with Gasteiger partial charge in [0.2, 0.25) is 5.91 Å². The molecule has 0 bridgehead atoms. The molecular formula is C20H26N2O2. The highest BCUT2D eigenvalue weighted by Crippen LogP contribution is 2.16. The zero-order valence-electron chi connectivity index (χ0n) is 14.1. The van der Waals surface area contributed by atoms with Gasteiger partial charge in [0.1, 0.15) is 0 Å². The van der Waals surface area contributed by atoms with E-state index < -0.39 is 0 Å². The molecule has 0 aromatic heterocycles. The van der Waals surface area contributed by atoms with E-state index in [-0.39, 0.29) is 17.9 Å². The fourth-order valence-electron chi connectivity index (χ4n) is 2.60. The number of aliphatic hydroxyl groups is 1. The SMILES string of the molecule is CC(C(N)=O)c1cccc(CNC[C@H](O)CCc2ccccc2)c1. The van der Waals surface area contributed by atoms with Crippen LogP contribution >= 0.6 is 0 Å². The summed E-state index contributed by atoms with van der Waals surface area (Å²) >= 11 is 0. The first-order valence-electron chi connectivity index (χ1n) is 8.37. The molecular weight excluding hydrogens is 300 g/mol. The molecule has 2 aromatic carbocycles. The van der Waals surface area contributed by atoms with Gasteiger partial charge >= 0.3 is 0 Å². The number of aryl methyl sites for hydroxylation is 1. The lowest BCUT2D eigenvalue weighted by Gasteiger charge is -2.13. The molecule has 4 nitrogen and oxygen atoms in total. The first kappa shape index (κ1) is 18.2. The number of rotatable bonds is 9. The van der Waals surface area contributed by atoms with Gasteiger partial charge in [-0.3, -0.25) is 4.79 Å². The maximum absolute atomic E-state index is 11.3. The van der Waals surface area contributed by atoms with Gasteiger partial charge in [0.05, 0.1) is 12.0 Å². The van der Waals surface area contributed by atoms with Crippen LogP contribution in [0.4, 0.5) is 0 Å². The molecule has 0 heterocycles. The van der Waals surface area contributed by atoms with Crippen LogP contribution in [0.3, 0.4) is 0 Å². The minimum Gasteiger partial charge on any atom is -0.392 e. The van der Waals surface area contributed by atoms with E-state index in [0.717, 1.165) is 24.0 Å². The Morgan fingerprint density at radius 3 is 2.54 bits per heavy atom. The predicted molar refractivity (Wildman–Crippen MR) is 96.5 cm³/mol. The van der Waals surface area contributed by atoms with Crippen LogP contribution in [0, 0.1) is 0 Å². The van der Waals surface area contributed by atoms with Crippen molar-refractivity contribution in [1.29, 1.82) is 0 Å². The van der Waals surface area contributed by atoms with Gasteiger partial charge in [-0.05, 0) is 36.5 Å². The van der Waals surface area contributed by atoms with Crippen LogP contribution in [-0.2, 0) is 17.8 Å². The Morgan fingerprint density at radius 1 is 1.12 bits per heavy atom. The molecule has 4 heteroatoms. The number of aliphatic hydroxyl groups excluding tert-OH is 1. The molecule has 1 amide bonds. The van der Waals surface area contributed by atoms with E-state index in [1.54, 1.807) is 0 Å². The van der Waals surface area contributed by atoms with Crippen molar-refractivity contribution in [2.24, 2.45) is 5.73 Å². The fraction of sp³-hybridized carbons (Fsp3) is 0.350. The molecule has 0 aliphatic rings. The summed E-state index contributed by atoms with van der Waals surface area (Å²) in [4.78, 5) is 11.3. The summed E-state index contributed by atoms with van der Waals surface area (Å²) in [5, 5.41) is 13.3. The van der Waals surface area contributed by atoms with Gasteiger partial charge < -0.3 is 16.2 Å². The second kappa shape index (κ2) is 9.21. The quantitative estimate of drug-likeness (QED) is 0.662. The molecule has 0 aliphatic carbocycles. The predicted octanol–water partition coefficient (Wildman–Crippen LogP) is 2.36. The fourth-order valence-corrected chi connectivity index (χ4v) is 2.60. The van der Waals surface area contributed by atoms with Crippen molar-refractivity contribution in [2.45, 2.75) is 38.3 Å². The summed E-state index contributed by atoms with van der Waals surface area (Å²) < 4.78 is 0. The third-order valence-electron chi connectivity index (χ3n) is 4.20. The van der Waals surface area contributed by atoms with Crippen LogP contribution in [0.15, 0.2) is 54.6 Å². The van der Waals surface area contributed by atoms with E-state index in [0.29, 0.717) is 13.1 Å². The number of primary amides is 1. The highest BCUT2D eigenvalue weighted by Gasteiger charge is 2.11. The first-order chi connectivity index (χ1) is 11.6. The number of nitrogens with two attached hydrogens (primary N) is 1. The highest BCUT2D eigenvalue weighted by molar-refractivity contribution is 5.81. The number of amides is 1. The molecule has 4 N–H and O–H groups in total. The third-order valence-corrected chi connectivity index (χ3v) is 4.20. The van der Waals surface area contributed by atoms with Crippen molar-refractivity contribution < 1.29 is 9.90 Å². The van der Waals surface area contributed by atoms with Gasteiger partial charge in [0, 0.05) is 13.1 Å². The largest absolute Gasteiger partial charge is 0.392 e. The molecule has 0 radical (unpaired) electrons. The number of benzene rings is 2. The molecule has 2 atom stereocenters. The van der Waals surface area contributed by atoms with Crippen LogP contribution in [0.1, 0.15) is 36.0 Å². The Labute approximate surface area is 143 Å². The van der Waals surface area contributed by atoms with Crippen LogP contribution < -0.4 is 11.1 Å². The van der Waals surface area contributed by atoms with E-state index in [1.165, 1.54) is 5.56 Å². The highest BCUT2D eigenvalue weighted by atomic mass is 16.3. The van der Waals surface area contributed by atoms with E-state index in [9.17, 15) is 9.90 Å².